The van der Waals surface area contributed by atoms with Crippen molar-refractivity contribution in [1.29, 1.82) is 0 Å². The smallest absolute Gasteiger partial charge is 0.228 e. The number of amides is 1. The van der Waals surface area contributed by atoms with Gasteiger partial charge in [-0.05, 0) is 79.8 Å². The molecule has 5 rings (SSSR count). The van der Waals surface area contributed by atoms with Crippen molar-refractivity contribution in [2.45, 2.75) is 46.0 Å². The topological polar surface area (TPSA) is 56.2 Å². The first kappa shape index (κ1) is 24.8. The number of para-hydroxylation sites is 1. The molecular formula is C31H32FN3O2. The molecule has 1 fully saturated rings. The number of nitrogens with one attached hydrogen (secondary N) is 1. The number of carbonyl (C=O) groups excluding carboxylic acids is 1. The van der Waals surface area contributed by atoms with Gasteiger partial charge in [-0.3, -0.25) is 4.79 Å². The summed E-state index contributed by atoms with van der Waals surface area (Å²) in [4.78, 5) is 13.2. The number of hydrogen-bond acceptors (Lipinski definition) is 3. The van der Waals surface area contributed by atoms with Gasteiger partial charge in [0.15, 0.2) is 11.6 Å². The maximum absolute atomic E-state index is 14.7. The van der Waals surface area contributed by atoms with Crippen molar-refractivity contribution in [3.8, 4) is 22.7 Å². The zero-order valence-electron chi connectivity index (χ0n) is 21.7. The van der Waals surface area contributed by atoms with Gasteiger partial charge in [-0.1, -0.05) is 38.1 Å². The quantitative estimate of drug-likeness (QED) is 0.279. The van der Waals surface area contributed by atoms with E-state index in [0.29, 0.717) is 23.8 Å². The Balaban J connectivity index is 1.42. The highest BCUT2D eigenvalue weighted by Gasteiger charge is 2.46. The molecule has 6 heteroatoms. The van der Waals surface area contributed by atoms with E-state index in [2.05, 4.69) is 32.2 Å². The average Bonchev–Trinajstić information content (AvgIpc) is 3.56. The van der Waals surface area contributed by atoms with Crippen LogP contribution in [-0.2, 0) is 4.79 Å². The van der Waals surface area contributed by atoms with E-state index in [9.17, 15) is 9.18 Å². The number of rotatable bonds is 8. The Morgan fingerprint density at radius 2 is 1.92 bits per heavy atom. The molecule has 190 valence electrons. The van der Waals surface area contributed by atoms with Crippen molar-refractivity contribution in [2.75, 3.05) is 11.9 Å². The number of hydrogen-bond donors (Lipinski definition) is 1. The second kappa shape index (κ2) is 10.2. The summed E-state index contributed by atoms with van der Waals surface area (Å²) in [5.41, 5.74) is 6.46. The Morgan fingerprint density at radius 3 is 2.59 bits per heavy atom. The summed E-state index contributed by atoms with van der Waals surface area (Å²) in [7, 11) is 0. The van der Waals surface area contributed by atoms with E-state index >= 15 is 0 Å². The molecular weight excluding hydrogens is 465 g/mol. The molecule has 1 heterocycles. The first-order chi connectivity index (χ1) is 17.9. The molecule has 0 radical (unpaired) electrons. The maximum Gasteiger partial charge on any atom is 0.228 e. The van der Waals surface area contributed by atoms with Crippen LogP contribution in [0.1, 0.15) is 55.7 Å². The predicted molar refractivity (Wildman–Crippen MR) is 145 cm³/mol. The summed E-state index contributed by atoms with van der Waals surface area (Å²) in [6, 6.07) is 20.8. The Hall–Kier alpha value is -3.93. The minimum absolute atomic E-state index is 0.00187. The van der Waals surface area contributed by atoms with Gasteiger partial charge < -0.3 is 10.1 Å². The minimum atomic E-state index is -0.426. The first-order valence-electron chi connectivity index (χ1n) is 12.8. The van der Waals surface area contributed by atoms with Crippen LogP contribution in [0, 0.1) is 18.7 Å². The maximum atomic E-state index is 14.7. The molecule has 0 saturated heterocycles. The molecule has 1 aromatic heterocycles. The van der Waals surface area contributed by atoms with Gasteiger partial charge in [0, 0.05) is 34.8 Å². The highest BCUT2D eigenvalue weighted by atomic mass is 19.1. The molecule has 5 nitrogen and oxygen atoms in total. The summed E-state index contributed by atoms with van der Waals surface area (Å²) in [5, 5.41) is 7.92. The first-order valence-corrected chi connectivity index (χ1v) is 12.8. The predicted octanol–water partition coefficient (Wildman–Crippen LogP) is 7.25. The molecule has 0 aliphatic heterocycles. The Bertz CT molecular complexity index is 1430. The third-order valence-electron chi connectivity index (χ3n) is 6.95. The molecule has 37 heavy (non-hydrogen) atoms. The number of aromatic nitrogens is 2. The van der Waals surface area contributed by atoms with Gasteiger partial charge >= 0.3 is 0 Å². The molecule has 2 atom stereocenters. The van der Waals surface area contributed by atoms with Crippen molar-refractivity contribution in [1.82, 2.24) is 9.78 Å². The number of nitrogens with zero attached hydrogens (tertiary/aromatic N) is 2. The van der Waals surface area contributed by atoms with Crippen LogP contribution < -0.4 is 10.1 Å². The second-order valence-corrected chi connectivity index (χ2v) is 9.96. The van der Waals surface area contributed by atoms with E-state index in [4.69, 9.17) is 9.84 Å². The molecule has 1 saturated carbocycles. The van der Waals surface area contributed by atoms with Crippen LogP contribution in [0.15, 0.2) is 72.9 Å². The number of anilines is 1. The van der Waals surface area contributed by atoms with Crippen LogP contribution in [0.2, 0.25) is 0 Å². The van der Waals surface area contributed by atoms with Gasteiger partial charge in [0.2, 0.25) is 5.91 Å². The molecule has 2 unspecified atom stereocenters. The van der Waals surface area contributed by atoms with Crippen molar-refractivity contribution in [3.63, 3.8) is 0 Å². The average molecular weight is 498 g/mol. The van der Waals surface area contributed by atoms with E-state index < -0.39 is 5.82 Å². The zero-order chi connectivity index (χ0) is 26.1. The van der Waals surface area contributed by atoms with E-state index in [1.165, 1.54) is 17.2 Å². The summed E-state index contributed by atoms with van der Waals surface area (Å²) in [6.45, 7) is 8.62. The number of ether oxygens (including phenoxy) is 1. The number of benzene rings is 3. The van der Waals surface area contributed by atoms with Crippen molar-refractivity contribution < 1.29 is 13.9 Å². The van der Waals surface area contributed by atoms with Crippen LogP contribution in [0.4, 0.5) is 10.1 Å². The van der Waals surface area contributed by atoms with E-state index in [-0.39, 0.29) is 23.5 Å². The molecule has 3 aromatic carbocycles. The molecule has 1 aliphatic carbocycles. The number of halogens is 1. The lowest BCUT2D eigenvalue weighted by Gasteiger charge is -2.12. The largest absolute Gasteiger partial charge is 0.491 e. The molecule has 1 amide bonds. The van der Waals surface area contributed by atoms with E-state index in [0.717, 1.165) is 23.4 Å². The molecule has 0 bridgehead atoms. The van der Waals surface area contributed by atoms with Gasteiger partial charge in [-0.2, -0.15) is 5.10 Å². The molecule has 1 N–H and O–H groups in total. The lowest BCUT2D eigenvalue weighted by molar-refractivity contribution is -0.117. The van der Waals surface area contributed by atoms with Gasteiger partial charge in [0.05, 0.1) is 18.0 Å². The highest BCUT2D eigenvalue weighted by Crippen LogP contribution is 2.51. The van der Waals surface area contributed by atoms with Crippen LogP contribution in [0.3, 0.4) is 0 Å². The van der Waals surface area contributed by atoms with E-state index in [1.54, 1.807) is 10.7 Å². The van der Waals surface area contributed by atoms with Crippen LogP contribution in [0.5, 0.6) is 5.75 Å². The third-order valence-corrected chi connectivity index (χ3v) is 6.95. The van der Waals surface area contributed by atoms with Gasteiger partial charge in [-0.25, -0.2) is 9.07 Å². The summed E-state index contributed by atoms with van der Waals surface area (Å²) < 4.78 is 21.9. The zero-order valence-corrected chi connectivity index (χ0v) is 21.7. The van der Waals surface area contributed by atoms with Crippen molar-refractivity contribution >= 4 is 11.6 Å². The fourth-order valence-electron chi connectivity index (χ4n) is 4.98. The Morgan fingerprint density at radius 1 is 1.14 bits per heavy atom. The normalized spacial score (nSPS) is 16.6. The van der Waals surface area contributed by atoms with Crippen LogP contribution in [-0.4, -0.2) is 22.3 Å². The number of aryl methyl sites for hydroxylation is 1. The Labute approximate surface area is 217 Å². The molecule has 0 spiro atoms. The SMILES string of the molecule is CCOc1ccc(-c2nn(-c3ccccc3)cc2C2CC2C(=O)Nc2ccc(C(C)C)c(C)c2)cc1F. The fraction of sp³-hybridized carbons (Fsp3) is 0.290. The second-order valence-electron chi connectivity index (χ2n) is 9.96. The van der Waals surface area contributed by atoms with Crippen LogP contribution >= 0.6 is 0 Å². The lowest BCUT2D eigenvalue weighted by Crippen LogP contribution is -2.15. The number of carbonyl (C=O) groups is 1. The van der Waals surface area contributed by atoms with Crippen LogP contribution in [0.25, 0.3) is 16.9 Å². The molecule has 1 aliphatic rings. The Kier molecular flexibility index (Phi) is 6.83. The summed E-state index contributed by atoms with van der Waals surface area (Å²) >= 11 is 0. The monoisotopic (exact) mass is 497 g/mol. The van der Waals surface area contributed by atoms with Gasteiger partial charge in [0.25, 0.3) is 0 Å². The lowest BCUT2D eigenvalue weighted by atomic mass is 9.97. The van der Waals surface area contributed by atoms with Gasteiger partial charge in [-0.15, -0.1) is 0 Å². The summed E-state index contributed by atoms with van der Waals surface area (Å²) in [5.74, 6) is 0.0769. The fourth-order valence-corrected chi connectivity index (χ4v) is 4.98. The van der Waals surface area contributed by atoms with Crippen molar-refractivity contribution in [2.24, 2.45) is 5.92 Å². The standard InChI is InChI=1S/C31H32FN3O2/c1-5-37-29-14-11-21(16-28(29)32)30-27(18-35(34-30)23-9-7-6-8-10-23)25-17-26(25)31(36)33-22-12-13-24(19(2)3)20(4)15-22/h6-16,18-19,25-26H,5,17H2,1-4H3,(H,33,36). The van der Waals surface area contributed by atoms with E-state index in [1.807, 2.05) is 61.7 Å². The molecule has 4 aromatic rings. The minimum Gasteiger partial charge on any atom is -0.491 e. The summed E-state index contributed by atoms with van der Waals surface area (Å²) in [6.07, 6.45) is 2.69. The highest BCUT2D eigenvalue weighted by molar-refractivity contribution is 5.95. The van der Waals surface area contributed by atoms with Gasteiger partial charge in [0.1, 0.15) is 0 Å². The third kappa shape index (κ3) is 5.15. The van der Waals surface area contributed by atoms with Crippen molar-refractivity contribution in [3.05, 3.63) is 95.4 Å².